The van der Waals surface area contributed by atoms with Crippen LogP contribution >= 0.6 is 0 Å². The molecule has 0 atom stereocenters. The average molecular weight is 240 g/mol. The minimum absolute atomic E-state index is 0.215. The Kier molecular flexibility index (Phi) is 2.59. The quantitative estimate of drug-likeness (QED) is 0.804. The van der Waals surface area contributed by atoms with Crippen molar-refractivity contribution in [3.8, 4) is 11.5 Å². The molecule has 0 saturated heterocycles. The average Bonchev–Trinajstić information content (AvgIpc) is 2.69. The van der Waals surface area contributed by atoms with Crippen LogP contribution in [0.5, 0.6) is 0 Å². The third-order valence-electron chi connectivity index (χ3n) is 1.77. The summed E-state index contributed by atoms with van der Waals surface area (Å²) in [5.41, 5.74) is 0.753. The SMILES string of the molecule is NS(=O)(=O)Nc1ccccc1-c1nnco1. The van der Waals surface area contributed by atoms with Gasteiger partial charge in [0, 0.05) is 0 Å². The number of hydrogen-bond donors (Lipinski definition) is 2. The van der Waals surface area contributed by atoms with Crippen molar-refractivity contribution in [2.75, 3.05) is 4.72 Å². The van der Waals surface area contributed by atoms with Gasteiger partial charge in [-0.3, -0.25) is 4.72 Å². The first-order valence-electron chi connectivity index (χ1n) is 4.22. The van der Waals surface area contributed by atoms with Gasteiger partial charge in [-0.1, -0.05) is 12.1 Å². The van der Waals surface area contributed by atoms with E-state index in [9.17, 15) is 8.42 Å². The van der Waals surface area contributed by atoms with Gasteiger partial charge in [0.25, 0.3) is 10.2 Å². The van der Waals surface area contributed by atoms with Gasteiger partial charge >= 0.3 is 0 Å². The summed E-state index contributed by atoms with van der Waals surface area (Å²) in [6.07, 6.45) is 1.16. The second kappa shape index (κ2) is 3.91. The predicted octanol–water partition coefficient (Wildman–Crippen LogP) is 0.352. The van der Waals surface area contributed by atoms with Crippen LogP contribution in [0.25, 0.3) is 11.5 Å². The van der Waals surface area contributed by atoms with E-state index in [0.717, 1.165) is 6.39 Å². The molecule has 0 saturated carbocycles. The maximum Gasteiger partial charge on any atom is 0.296 e. The Morgan fingerprint density at radius 3 is 2.69 bits per heavy atom. The number of nitrogens with zero attached hydrogens (tertiary/aromatic N) is 2. The highest BCUT2D eigenvalue weighted by atomic mass is 32.2. The molecule has 7 nitrogen and oxygen atoms in total. The molecule has 1 aromatic carbocycles. The van der Waals surface area contributed by atoms with Crippen LogP contribution in [0.4, 0.5) is 5.69 Å². The first-order valence-corrected chi connectivity index (χ1v) is 5.77. The fourth-order valence-corrected chi connectivity index (χ4v) is 1.69. The highest BCUT2D eigenvalue weighted by Crippen LogP contribution is 2.25. The van der Waals surface area contributed by atoms with E-state index in [-0.39, 0.29) is 11.6 Å². The lowest BCUT2D eigenvalue weighted by Crippen LogP contribution is -2.22. The van der Waals surface area contributed by atoms with Crippen LogP contribution in [0, 0.1) is 0 Å². The summed E-state index contributed by atoms with van der Waals surface area (Å²) >= 11 is 0. The molecule has 0 aliphatic rings. The summed E-state index contributed by atoms with van der Waals surface area (Å²) in [6.45, 7) is 0. The van der Waals surface area contributed by atoms with Crippen LogP contribution in [0.1, 0.15) is 0 Å². The van der Waals surface area contributed by atoms with Crippen molar-refractivity contribution in [2.45, 2.75) is 0 Å². The van der Waals surface area contributed by atoms with E-state index >= 15 is 0 Å². The van der Waals surface area contributed by atoms with Gasteiger partial charge in [-0.05, 0) is 12.1 Å². The zero-order chi connectivity index (χ0) is 11.6. The van der Waals surface area contributed by atoms with Gasteiger partial charge in [0.15, 0.2) is 0 Å². The van der Waals surface area contributed by atoms with Gasteiger partial charge in [0.05, 0.1) is 11.3 Å². The summed E-state index contributed by atoms with van der Waals surface area (Å²) in [4.78, 5) is 0. The molecule has 0 amide bonds. The van der Waals surface area contributed by atoms with E-state index in [2.05, 4.69) is 14.9 Å². The molecule has 0 radical (unpaired) electrons. The highest BCUT2D eigenvalue weighted by molar-refractivity contribution is 7.90. The van der Waals surface area contributed by atoms with Gasteiger partial charge in [0.2, 0.25) is 12.3 Å². The molecule has 84 valence electrons. The van der Waals surface area contributed by atoms with Crippen molar-refractivity contribution in [3.63, 3.8) is 0 Å². The number of para-hydroxylation sites is 1. The van der Waals surface area contributed by atoms with Gasteiger partial charge in [0.1, 0.15) is 0 Å². The molecule has 3 N–H and O–H groups in total. The number of hydrogen-bond acceptors (Lipinski definition) is 5. The molecule has 1 heterocycles. The zero-order valence-corrected chi connectivity index (χ0v) is 8.81. The molecule has 0 aliphatic heterocycles. The van der Waals surface area contributed by atoms with Crippen LogP contribution in [-0.2, 0) is 10.2 Å². The zero-order valence-electron chi connectivity index (χ0n) is 7.99. The monoisotopic (exact) mass is 240 g/mol. The minimum atomic E-state index is -3.83. The molecule has 0 fully saturated rings. The van der Waals surface area contributed by atoms with Crippen LogP contribution in [0.15, 0.2) is 35.1 Å². The van der Waals surface area contributed by atoms with Crippen LogP contribution in [-0.4, -0.2) is 18.6 Å². The molecule has 8 heteroatoms. The lowest BCUT2D eigenvalue weighted by atomic mass is 10.2. The third kappa shape index (κ3) is 2.35. The minimum Gasteiger partial charge on any atom is -0.423 e. The van der Waals surface area contributed by atoms with E-state index in [4.69, 9.17) is 9.56 Å². The number of aromatic nitrogens is 2. The summed E-state index contributed by atoms with van der Waals surface area (Å²) in [5.74, 6) is 0.215. The third-order valence-corrected chi connectivity index (χ3v) is 2.27. The number of nitrogens with two attached hydrogens (primary N) is 1. The Balaban J connectivity index is 2.47. The van der Waals surface area contributed by atoms with Crippen molar-refractivity contribution >= 4 is 15.9 Å². The first kappa shape index (κ1) is 10.6. The second-order valence-electron chi connectivity index (χ2n) is 2.94. The van der Waals surface area contributed by atoms with Crippen molar-refractivity contribution in [1.82, 2.24) is 10.2 Å². The topological polar surface area (TPSA) is 111 Å². The largest absolute Gasteiger partial charge is 0.423 e. The number of benzene rings is 1. The normalized spacial score (nSPS) is 11.3. The van der Waals surface area contributed by atoms with E-state index in [0.29, 0.717) is 5.56 Å². The molecule has 0 aliphatic carbocycles. The van der Waals surface area contributed by atoms with Crippen LogP contribution in [0.3, 0.4) is 0 Å². The molecule has 0 spiro atoms. The summed E-state index contributed by atoms with van der Waals surface area (Å²) in [7, 11) is -3.83. The Labute approximate surface area is 91.5 Å². The number of nitrogens with one attached hydrogen (secondary N) is 1. The van der Waals surface area contributed by atoms with Gasteiger partial charge in [-0.2, -0.15) is 8.42 Å². The van der Waals surface area contributed by atoms with Gasteiger partial charge < -0.3 is 4.42 Å². The maximum absolute atomic E-state index is 10.9. The van der Waals surface area contributed by atoms with E-state index in [1.54, 1.807) is 24.3 Å². The number of rotatable bonds is 3. The Morgan fingerprint density at radius 1 is 1.31 bits per heavy atom. The molecule has 2 aromatic rings. The van der Waals surface area contributed by atoms with Crippen LogP contribution in [0.2, 0.25) is 0 Å². The molecular weight excluding hydrogens is 232 g/mol. The van der Waals surface area contributed by atoms with Crippen LogP contribution < -0.4 is 9.86 Å². The van der Waals surface area contributed by atoms with Gasteiger partial charge in [-0.15, -0.1) is 10.2 Å². The molecule has 0 unspecified atom stereocenters. The smallest absolute Gasteiger partial charge is 0.296 e. The molecule has 16 heavy (non-hydrogen) atoms. The Hall–Kier alpha value is -1.93. The van der Waals surface area contributed by atoms with E-state index < -0.39 is 10.2 Å². The fourth-order valence-electron chi connectivity index (χ4n) is 1.20. The Bertz CT molecular complexity index is 579. The lowest BCUT2D eigenvalue weighted by molar-refractivity contribution is 0.569. The fraction of sp³-hybridized carbons (Fsp3) is 0. The van der Waals surface area contributed by atoms with E-state index in [1.807, 2.05) is 0 Å². The Morgan fingerprint density at radius 2 is 2.06 bits per heavy atom. The second-order valence-corrected chi connectivity index (χ2v) is 4.23. The van der Waals surface area contributed by atoms with Crippen molar-refractivity contribution in [2.24, 2.45) is 5.14 Å². The van der Waals surface area contributed by atoms with Crippen molar-refractivity contribution in [3.05, 3.63) is 30.7 Å². The standard InChI is InChI=1S/C8H8N4O3S/c9-16(13,14)12-7-4-2-1-3-6(7)8-11-10-5-15-8/h1-5,12H,(H2,9,13,14). The van der Waals surface area contributed by atoms with Crippen molar-refractivity contribution in [1.29, 1.82) is 0 Å². The summed E-state index contributed by atoms with van der Waals surface area (Å²) < 4.78 is 29.0. The highest BCUT2D eigenvalue weighted by Gasteiger charge is 2.12. The summed E-state index contributed by atoms with van der Waals surface area (Å²) in [5, 5.41) is 12.1. The van der Waals surface area contributed by atoms with E-state index in [1.165, 1.54) is 0 Å². The lowest BCUT2D eigenvalue weighted by Gasteiger charge is -2.06. The van der Waals surface area contributed by atoms with Crippen molar-refractivity contribution < 1.29 is 12.8 Å². The molecule has 0 bridgehead atoms. The molecule has 2 rings (SSSR count). The summed E-state index contributed by atoms with van der Waals surface area (Å²) in [6, 6.07) is 6.56. The predicted molar refractivity (Wildman–Crippen MR) is 56.5 cm³/mol. The molecular formula is C8H8N4O3S. The maximum atomic E-state index is 10.9. The number of anilines is 1. The first-order chi connectivity index (χ1) is 7.56. The molecule has 1 aromatic heterocycles. The van der Waals surface area contributed by atoms with Gasteiger partial charge in [-0.25, -0.2) is 5.14 Å².